The minimum atomic E-state index is -0.422. The Balaban J connectivity index is 1.63. The lowest BCUT2D eigenvalue weighted by Crippen LogP contribution is -2.11. The summed E-state index contributed by atoms with van der Waals surface area (Å²) in [5, 5.41) is 0.0490. The van der Waals surface area contributed by atoms with E-state index in [9.17, 15) is 4.39 Å². The van der Waals surface area contributed by atoms with E-state index in [1.54, 1.807) is 12.1 Å². The molecule has 0 amide bonds. The van der Waals surface area contributed by atoms with Gasteiger partial charge in [0, 0.05) is 5.56 Å². The average molecular weight is 413 g/mol. The van der Waals surface area contributed by atoms with Gasteiger partial charge in [-0.05, 0) is 80.5 Å². The molecule has 3 rings (SSSR count). The largest absolute Gasteiger partial charge is 0.492 e. The van der Waals surface area contributed by atoms with Crippen molar-refractivity contribution in [2.24, 2.45) is 5.92 Å². The highest BCUT2D eigenvalue weighted by Crippen LogP contribution is 2.38. The van der Waals surface area contributed by atoms with Crippen LogP contribution in [0, 0.1) is 11.7 Å². The van der Waals surface area contributed by atoms with Crippen molar-refractivity contribution in [2.45, 2.75) is 51.4 Å². The zero-order chi connectivity index (χ0) is 20.6. The Kier molecular flexibility index (Phi) is 7.94. The molecule has 154 valence electrons. The molecule has 0 aromatic heterocycles. The maximum absolute atomic E-state index is 14.7. The van der Waals surface area contributed by atoms with Gasteiger partial charge in [-0.2, -0.15) is 0 Å². The molecule has 1 aliphatic carbocycles. The normalized spacial score (nSPS) is 19.4. The Morgan fingerprint density at radius 3 is 2.45 bits per heavy atom. The summed E-state index contributed by atoms with van der Waals surface area (Å²) in [4.78, 5) is 0. The molecule has 1 saturated carbocycles. The molecule has 1 nitrogen and oxygen atoms in total. The third kappa shape index (κ3) is 5.51. The van der Waals surface area contributed by atoms with Gasteiger partial charge in [0.1, 0.15) is 10.8 Å². The summed E-state index contributed by atoms with van der Waals surface area (Å²) in [5.74, 6) is 1.27. The van der Waals surface area contributed by atoms with Crippen LogP contribution >= 0.6 is 11.6 Å². The van der Waals surface area contributed by atoms with Crippen LogP contribution in [0.25, 0.3) is 11.1 Å². The molecule has 0 saturated heterocycles. The fraction of sp³-hybridized carbons (Fsp3) is 0.385. The zero-order valence-electron chi connectivity index (χ0n) is 17.2. The lowest BCUT2D eigenvalue weighted by atomic mass is 9.78. The lowest BCUT2D eigenvalue weighted by Gasteiger charge is -2.27. The summed E-state index contributed by atoms with van der Waals surface area (Å²) >= 11 is 6.14. The Labute approximate surface area is 179 Å². The lowest BCUT2D eigenvalue weighted by molar-refractivity contribution is 0.338. The van der Waals surface area contributed by atoms with Gasteiger partial charge < -0.3 is 4.74 Å². The van der Waals surface area contributed by atoms with Crippen LogP contribution < -0.4 is 4.74 Å². The number of rotatable bonds is 8. The van der Waals surface area contributed by atoms with E-state index in [2.05, 4.69) is 30.9 Å². The van der Waals surface area contributed by atoms with E-state index in [4.69, 9.17) is 16.3 Å². The first-order chi connectivity index (χ1) is 14.1. The SMILES string of the molecule is C=CCCC=CC1CCC(c2ccc(-c3ccc(OCC)c(Cl)c3F)cc2)CC1. The smallest absolute Gasteiger partial charge is 0.153 e. The maximum atomic E-state index is 14.7. The predicted molar refractivity (Wildman–Crippen MR) is 121 cm³/mol. The molecule has 0 heterocycles. The van der Waals surface area contributed by atoms with Gasteiger partial charge in [-0.3, -0.25) is 0 Å². The predicted octanol–water partition coefficient (Wildman–Crippen LogP) is 8.34. The van der Waals surface area contributed by atoms with Crippen LogP contribution in [-0.4, -0.2) is 6.61 Å². The number of halogens is 2. The highest BCUT2D eigenvalue weighted by Gasteiger charge is 2.21. The molecule has 0 N–H and O–H groups in total. The summed E-state index contributed by atoms with van der Waals surface area (Å²) in [6.45, 7) is 6.08. The van der Waals surface area contributed by atoms with Crippen LogP contribution in [0.1, 0.15) is 56.9 Å². The molecule has 0 atom stereocenters. The van der Waals surface area contributed by atoms with E-state index in [1.807, 2.05) is 25.1 Å². The van der Waals surface area contributed by atoms with Crippen molar-refractivity contribution in [1.29, 1.82) is 0 Å². The first-order valence-electron chi connectivity index (χ1n) is 10.6. The molecule has 1 fully saturated rings. The fourth-order valence-corrected chi connectivity index (χ4v) is 4.32. The summed E-state index contributed by atoms with van der Waals surface area (Å²) in [7, 11) is 0. The number of ether oxygens (including phenoxy) is 1. The highest BCUT2D eigenvalue weighted by molar-refractivity contribution is 6.32. The molecule has 2 aromatic rings. The summed E-state index contributed by atoms with van der Waals surface area (Å²) < 4.78 is 20.1. The summed E-state index contributed by atoms with van der Waals surface area (Å²) in [5.41, 5.74) is 2.70. The molecule has 0 radical (unpaired) electrons. The Morgan fingerprint density at radius 2 is 1.79 bits per heavy atom. The second-order valence-corrected chi connectivity index (χ2v) is 8.08. The molecule has 0 unspecified atom stereocenters. The van der Waals surface area contributed by atoms with E-state index in [-0.39, 0.29) is 5.02 Å². The van der Waals surface area contributed by atoms with Gasteiger partial charge in [0.25, 0.3) is 0 Å². The van der Waals surface area contributed by atoms with Gasteiger partial charge in [-0.25, -0.2) is 4.39 Å². The molecule has 2 aromatic carbocycles. The number of benzene rings is 2. The van der Waals surface area contributed by atoms with E-state index < -0.39 is 5.82 Å². The third-order valence-corrected chi connectivity index (χ3v) is 6.11. The maximum Gasteiger partial charge on any atom is 0.153 e. The molecule has 3 heteroatoms. The van der Waals surface area contributed by atoms with Crippen molar-refractivity contribution < 1.29 is 9.13 Å². The van der Waals surface area contributed by atoms with E-state index in [1.165, 1.54) is 31.2 Å². The standard InChI is InChI=1S/C26H30ClFO/c1-3-5-6-7-8-19-9-11-20(12-10-19)21-13-15-22(16-14-21)23-17-18-24(29-4-2)25(27)26(23)28/h3,7-8,13-20H,1,4-6,9-12H2,2H3. The first-order valence-corrected chi connectivity index (χ1v) is 11.0. The molecular formula is C26H30ClFO. The third-order valence-electron chi connectivity index (χ3n) is 5.76. The summed E-state index contributed by atoms with van der Waals surface area (Å²) in [6.07, 6.45) is 13.7. The second kappa shape index (κ2) is 10.6. The number of hydrogen-bond donors (Lipinski definition) is 0. The van der Waals surface area contributed by atoms with Crippen molar-refractivity contribution >= 4 is 11.6 Å². The first kappa shape index (κ1) is 21.6. The number of hydrogen-bond acceptors (Lipinski definition) is 1. The Morgan fingerprint density at radius 1 is 1.07 bits per heavy atom. The minimum absolute atomic E-state index is 0.0490. The van der Waals surface area contributed by atoms with Crippen molar-refractivity contribution in [3.8, 4) is 16.9 Å². The zero-order valence-corrected chi connectivity index (χ0v) is 17.9. The van der Waals surface area contributed by atoms with E-state index >= 15 is 0 Å². The molecule has 0 aliphatic heterocycles. The topological polar surface area (TPSA) is 9.23 Å². The van der Waals surface area contributed by atoms with Crippen LogP contribution in [0.5, 0.6) is 5.75 Å². The van der Waals surface area contributed by atoms with Gasteiger partial charge in [-0.15, -0.1) is 6.58 Å². The monoisotopic (exact) mass is 412 g/mol. The van der Waals surface area contributed by atoms with E-state index in [0.29, 0.717) is 29.8 Å². The average Bonchev–Trinajstić information content (AvgIpc) is 2.75. The molecule has 29 heavy (non-hydrogen) atoms. The minimum Gasteiger partial charge on any atom is -0.492 e. The van der Waals surface area contributed by atoms with Crippen LogP contribution in [0.3, 0.4) is 0 Å². The van der Waals surface area contributed by atoms with Crippen LogP contribution in [0.2, 0.25) is 5.02 Å². The molecule has 0 bridgehead atoms. The van der Waals surface area contributed by atoms with Crippen molar-refractivity contribution in [3.63, 3.8) is 0 Å². The van der Waals surface area contributed by atoms with Crippen molar-refractivity contribution in [1.82, 2.24) is 0 Å². The Hall–Kier alpha value is -2.06. The molecule has 1 aliphatic rings. The fourth-order valence-electron chi connectivity index (χ4n) is 4.10. The Bertz CT molecular complexity index is 833. The quantitative estimate of drug-likeness (QED) is 0.312. The van der Waals surface area contributed by atoms with Gasteiger partial charge in [0.05, 0.1) is 6.61 Å². The van der Waals surface area contributed by atoms with Crippen molar-refractivity contribution in [2.75, 3.05) is 6.61 Å². The van der Waals surface area contributed by atoms with Gasteiger partial charge in [0.15, 0.2) is 5.82 Å². The summed E-state index contributed by atoms with van der Waals surface area (Å²) in [6, 6.07) is 11.8. The number of allylic oxidation sites excluding steroid dienone is 3. The molecular weight excluding hydrogens is 383 g/mol. The number of unbranched alkanes of at least 4 members (excludes halogenated alkanes) is 1. The van der Waals surface area contributed by atoms with Crippen LogP contribution in [-0.2, 0) is 0 Å². The van der Waals surface area contributed by atoms with Crippen LogP contribution in [0.15, 0.2) is 61.2 Å². The van der Waals surface area contributed by atoms with E-state index in [0.717, 1.165) is 18.4 Å². The van der Waals surface area contributed by atoms with Crippen LogP contribution in [0.4, 0.5) is 4.39 Å². The van der Waals surface area contributed by atoms with Gasteiger partial charge in [0.2, 0.25) is 0 Å². The highest BCUT2D eigenvalue weighted by atomic mass is 35.5. The van der Waals surface area contributed by atoms with Gasteiger partial charge in [-0.1, -0.05) is 54.1 Å². The van der Waals surface area contributed by atoms with Crippen molar-refractivity contribution in [3.05, 3.63) is 77.6 Å². The van der Waals surface area contributed by atoms with Gasteiger partial charge >= 0.3 is 0 Å². The second-order valence-electron chi connectivity index (χ2n) is 7.70. The molecule has 0 spiro atoms.